The molecule has 4 rings (SSSR count). The zero-order valence-electron chi connectivity index (χ0n) is 19.9. The summed E-state index contributed by atoms with van der Waals surface area (Å²) in [6.45, 7) is 6.13. The summed E-state index contributed by atoms with van der Waals surface area (Å²) >= 11 is 0. The van der Waals surface area contributed by atoms with Crippen LogP contribution in [0.5, 0.6) is 5.75 Å². The molecule has 0 saturated heterocycles. The average molecular weight is 467 g/mol. The Morgan fingerprint density at radius 3 is 2.74 bits per heavy atom. The number of nitrogens with zero attached hydrogens (tertiary/aromatic N) is 5. The molecule has 0 fully saturated rings. The number of pyridine rings is 1. The summed E-state index contributed by atoms with van der Waals surface area (Å²) in [7, 11) is 3.27. The molecule has 0 aliphatic heterocycles. The molecule has 34 heavy (non-hydrogen) atoms. The summed E-state index contributed by atoms with van der Waals surface area (Å²) in [6.07, 6.45) is 1.65. The third-order valence-electron chi connectivity index (χ3n) is 5.80. The summed E-state index contributed by atoms with van der Waals surface area (Å²) < 4.78 is 18.0. The Kier molecular flexibility index (Phi) is 7.39. The molecule has 0 aliphatic carbocycles. The Morgan fingerprint density at radius 2 is 2.03 bits per heavy atom. The van der Waals surface area contributed by atoms with Gasteiger partial charge in [0.25, 0.3) is 5.56 Å². The first kappa shape index (κ1) is 23.7. The second-order valence-electron chi connectivity index (χ2n) is 8.50. The maximum Gasteiger partial charge on any atom is 0.252 e. The van der Waals surface area contributed by atoms with E-state index in [0.29, 0.717) is 31.8 Å². The molecule has 180 valence electrons. The molecule has 0 radical (unpaired) electrons. The minimum absolute atomic E-state index is 0.136. The molecule has 0 bridgehead atoms. The van der Waals surface area contributed by atoms with Gasteiger partial charge in [0.05, 0.1) is 39.1 Å². The van der Waals surface area contributed by atoms with Gasteiger partial charge in [-0.3, -0.25) is 9.69 Å². The van der Waals surface area contributed by atoms with Crippen molar-refractivity contribution in [3.8, 4) is 5.75 Å². The van der Waals surface area contributed by atoms with Crippen LogP contribution in [0.1, 0.15) is 37.0 Å². The van der Waals surface area contributed by atoms with E-state index in [2.05, 4.69) is 39.3 Å². The van der Waals surface area contributed by atoms with Gasteiger partial charge in [-0.25, -0.2) is 4.68 Å². The lowest BCUT2D eigenvalue weighted by molar-refractivity contribution is 0.112. The van der Waals surface area contributed by atoms with Crippen molar-refractivity contribution >= 4 is 10.9 Å². The molecule has 3 aromatic heterocycles. The number of nitrogens with one attached hydrogen (secondary N) is 1. The molecule has 0 spiro atoms. The van der Waals surface area contributed by atoms with Crippen LogP contribution < -0.4 is 10.3 Å². The Bertz CT molecular complexity index is 1260. The normalized spacial score (nSPS) is 12.6. The lowest BCUT2D eigenvalue weighted by Crippen LogP contribution is -2.35. The van der Waals surface area contributed by atoms with E-state index in [1.54, 1.807) is 25.2 Å². The maximum absolute atomic E-state index is 13.0. The summed E-state index contributed by atoms with van der Waals surface area (Å²) in [5.74, 6) is 2.40. The van der Waals surface area contributed by atoms with Gasteiger partial charge in [-0.15, -0.1) is 5.10 Å². The summed E-state index contributed by atoms with van der Waals surface area (Å²) in [6, 6.07) is 11.1. The molecule has 0 unspecified atom stereocenters. The Hall–Kier alpha value is -3.50. The van der Waals surface area contributed by atoms with Gasteiger partial charge in [-0.2, -0.15) is 0 Å². The minimum atomic E-state index is -0.169. The van der Waals surface area contributed by atoms with E-state index < -0.39 is 0 Å². The lowest BCUT2D eigenvalue weighted by atomic mass is 10.00. The van der Waals surface area contributed by atoms with Gasteiger partial charge in [0.15, 0.2) is 5.82 Å². The van der Waals surface area contributed by atoms with Crippen molar-refractivity contribution in [2.75, 3.05) is 20.8 Å². The first-order valence-corrected chi connectivity index (χ1v) is 11.2. The molecule has 1 atom stereocenters. The topological polar surface area (TPSA) is 111 Å². The molecule has 1 aromatic carbocycles. The maximum atomic E-state index is 13.0. The zero-order chi connectivity index (χ0) is 24.1. The van der Waals surface area contributed by atoms with E-state index in [1.807, 2.05) is 36.4 Å². The predicted molar refractivity (Wildman–Crippen MR) is 126 cm³/mol. The third kappa shape index (κ3) is 5.18. The Labute approximate surface area is 197 Å². The third-order valence-corrected chi connectivity index (χ3v) is 5.80. The van der Waals surface area contributed by atoms with Crippen LogP contribution in [-0.2, 0) is 24.4 Å². The predicted octanol–water partition coefficient (Wildman–Crippen LogP) is 3.16. The number of hydrogen-bond donors (Lipinski definition) is 1. The quantitative estimate of drug-likeness (QED) is 0.359. The minimum Gasteiger partial charge on any atom is -0.497 e. The molecule has 10 heteroatoms. The highest BCUT2D eigenvalue weighted by atomic mass is 16.5. The average Bonchev–Trinajstić information content (AvgIpc) is 3.50. The van der Waals surface area contributed by atoms with E-state index >= 15 is 0 Å². The standard InChI is InChI=1S/C24H30N6O4/c1-16(2)22(23-26-27-28-30(23)9-11-32-3)29(15-20-6-5-10-34-20)14-18-12-17-13-19(33-4)7-8-21(17)25-24(18)31/h5-8,10,12-13,16,22H,9,11,14-15H2,1-4H3,(H,25,31)/t22-/m1/s1. The number of ether oxygens (including phenoxy) is 2. The zero-order valence-corrected chi connectivity index (χ0v) is 19.9. The molecule has 1 N–H and O–H groups in total. The Morgan fingerprint density at radius 1 is 1.18 bits per heavy atom. The van der Waals surface area contributed by atoms with Gasteiger partial charge < -0.3 is 18.9 Å². The van der Waals surface area contributed by atoms with E-state index in [9.17, 15) is 4.79 Å². The van der Waals surface area contributed by atoms with Gasteiger partial charge in [0.2, 0.25) is 0 Å². The molecular formula is C24H30N6O4. The van der Waals surface area contributed by atoms with Crippen LogP contribution >= 0.6 is 0 Å². The number of benzene rings is 1. The van der Waals surface area contributed by atoms with Crippen molar-refractivity contribution in [3.05, 3.63) is 70.2 Å². The fourth-order valence-electron chi connectivity index (χ4n) is 4.19. The van der Waals surface area contributed by atoms with Crippen LogP contribution in [0.2, 0.25) is 0 Å². The van der Waals surface area contributed by atoms with Crippen LogP contribution in [0.15, 0.2) is 51.9 Å². The highest BCUT2D eigenvalue weighted by Crippen LogP contribution is 2.30. The van der Waals surface area contributed by atoms with Crippen molar-refractivity contribution in [1.82, 2.24) is 30.1 Å². The highest BCUT2D eigenvalue weighted by molar-refractivity contribution is 5.80. The molecule has 3 heterocycles. The van der Waals surface area contributed by atoms with Crippen LogP contribution in [0.25, 0.3) is 10.9 Å². The van der Waals surface area contributed by atoms with Crippen molar-refractivity contribution in [3.63, 3.8) is 0 Å². The monoisotopic (exact) mass is 466 g/mol. The largest absolute Gasteiger partial charge is 0.497 e. The number of fused-ring (bicyclic) bond motifs is 1. The van der Waals surface area contributed by atoms with E-state index in [4.69, 9.17) is 13.9 Å². The lowest BCUT2D eigenvalue weighted by Gasteiger charge is -2.32. The van der Waals surface area contributed by atoms with Crippen molar-refractivity contribution in [1.29, 1.82) is 0 Å². The molecular weight excluding hydrogens is 436 g/mol. The Balaban J connectivity index is 1.74. The molecule has 10 nitrogen and oxygen atoms in total. The summed E-state index contributed by atoms with van der Waals surface area (Å²) in [5, 5.41) is 13.3. The van der Waals surface area contributed by atoms with E-state index in [-0.39, 0.29) is 17.5 Å². The number of hydrogen-bond acceptors (Lipinski definition) is 8. The second kappa shape index (κ2) is 10.6. The van der Waals surface area contributed by atoms with Gasteiger partial charge in [-0.1, -0.05) is 13.8 Å². The number of H-pyrrole nitrogens is 1. The second-order valence-corrected chi connectivity index (χ2v) is 8.50. The van der Waals surface area contributed by atoms with Crippen LogP contribution in [-0.4, -0.2) is 50.9 Å². The van der Waals surface area contributed by atoms with Crippen molar-refractivity contribution in [2.24, 2.45) is 5.92 Å². The van der Waals surface area contributed by atoms with E-state index in [0.717, 1.165) is 28.2 Å². The number of furan rings is 1. The van der Waals surface area contributed by atoms with Crippen LogP contribution in [0.4, 0.5) is 0 Å². The smallest absolute Gasteiger partial charge is 0.252 e. The van der Waals surface area contributed by atoms with Gasteiger partial charge in [0, 0.05) is 30.1 Å². The fourth-order valence-corrected chi connectivity index (χ4v) is 4.19. The number of methoxy groups -OCH3 is 2. The number of aromatic nitrogens is 5. The molecule has 0 aliphatic rings. The number of tetrazole rings is 1. The fraction of sp³-hybridized carbons (Fsp3) is 0.417. The summed E-state index contributed by atoms with van der Waals surface area (Å²) in [4.78, 5) is 18.2. The molecule has 4 aromatic rings. The van der Waals surface area contributed by atoms with Crippen LogP contribution in [0, 0.1) is 5.92 Å². The highest BCUT2D eigenvalue weighted by Gasteiger charge is 2.30. The van der Waals surface area contributed by atoms with Gasteiger partial charge in [0.1, 0.15) is 11.5 Å². The first-order valence-electron chi connectivity index (χ1n) is 11.2. The van der Waals surface area contributed by atoms with Crippen molar-refractivity contribution in [2.45, 2.75) is 39.5 Å². The SMILES string of the molecule is COCCn1nnnc1[C@@H](C(C)C)N(Cc1ccco1)Cc1cc2cc(OC)ccc2[nH]c1=O. The molecule has 0 saturated carbocycles. The van der Waals surface area contributed by atoms with E-state index in [1.165, 1.54) is 0 Å². The van der Waals surface area contributed by atoms with Crippen molar-refractivity contribution < 1.29 is 13.9 Å². The van der Waals surface area contributed by atoms with Crippen LogP contribution in [0.3, 0.4) is 0 Å². The molecule has 0 amide bonds. The number of aromatic amines is 1. The van der Waals surface area contributed by atoms with Gasteiger partial charge >= 0.3 is 0 Å². The number of rotatable bonds is 11. The first-order chi connectivity index (χ1) is 16.5. The van der Waals surface area contributed by atoms with Gasteiger partial charge in [-0.05, 0) is 52.7 Å². The summed E-state index contributed by atoms with van der Waals surface area (Å²) in [5.41, 5.74) is 1.26.